The average molecular weight is 420 g/mol. The number of carbonyl (C=O) groups excluding carboxylic acids is 3. The second-order valence-corrected chi connectivity index (χ2v) is 7.19. The number of rotatable bonds is 9. The zero-order valence-corrected chi connectivity index (χ0v) is 17.1. The number of nitrogens with zero attached hydrogens (tertiary/aromatic N) is 1. The van der Waals surface area contributed by atoms with Gasteiger partial charge in [-0.15, -0.1) is 0 Å². The number of piperazine rings is 1. The lowest BCUT2D eigenvalue weighted by Gasteiger charge is -2.34. The van der Waals surface area contributed by atoms with E-state index in [1.165, 1.54) is 12.0 Å². The highest BCUT2D eigenvalue weighted by Crippen LogP contribution is 2.19. The van der Waals surface area contributed by atoms with Crippen LogP contribution in [0.25, 0.3) is 0 Å². The van der Waals surface area contributed by atoms with Crippen molar-refractivity contribution in [3.8, 4) is 5.75 Å². The van der Waals surface area contributed by atoms with Crippen molar-refractivity contribution in [2.45, 2.75) is 31.4 Å². The van der Waals surface area contributed by atoms with Crippen molar-refractivity contribution in [3.05, 3.63) is 29.8 Å². The summed E-state index contributed by atoms with van der Waals surface area (Å²) in [6.45, 7) is 2.27. The first-order valence-corrected chi connectivity index (χ1v) is 10.2. The fourth-order valence-corrected chi connectivity index (χ4v) is 3.44. The molecular weight excluding hydrogens is 392 g/mol. The summed E-state index contributed by atoms with van der Waals surface area (Å²) in [5, 5.41) is 2.70. The third-order valence-corrected chi connectivity index (χ3v) is 5.06. The minimum absolute atomic E-state index is 0.102. The van der Waals surface area contributed by atoms with Crippen LogP contribution < -0.4 is 10.1 Å². The minimum Gasteiger partial charge on any atom is -0.491 e. The van der Waals surface area contributed by atoms with Gasteiger partial charge in [-0.25, -0.2) is 0 Å². The van der Waals surface area contributed by atoms with Crippen LogP contribution in [-0.2, 0) is 23.8 Å². The molecule has 2 fully saturated rings. The molecule has 2 amide bonds. The third-order valence-electron chi connectivity index (χ3n) is 5.06. The molecule has 1 N–H and O–H groups in total. The molecule has 2 saturated heterocycles. The van der Waals surface area contributed by atoms with Gasteiger partial charge < -0.3 is 29.2 Å². The molecule has 2 heterocycles. The number of hydrogen-bond donors (Lipinski definition) is 1. The molecule has 0 aliphatic carbocycles. The molecular formula is C21H28N2O7. The topological polar surface area (TPSA) is 103 Å². The van der Waals surface area contributed by atoms with Crippen molar-refractivity contribution < 1.29 is 33.3 Å². The van der Waals surface area contributed by atoms with Crippen molar-refractivity contribution in [1.29, 1.82) is 0 Å². The zero-order chi connectivity index (χ0) is 21.3. The predicted molar refractivity (Wildman–Crippen MR) is 106 cm³/mol. The predicted octanol–water partition coefficient (Wildman–Crippen LogP) is 0.765. The van der Waals surface area contributed by atoms with E-state index < -0.39 is 12.0 Å². The standard InChI is InChI=1S/C21H28N2O7/c1-27-11-12-29-19(24)13-18-20(25)22-8-9-23(18)21(26)15-4-6-16(7-5-15)30-14-17-3-2-10-28-17/h4-7,17-18H,2-3,8-14H2,1H3,(H,22,25). The second kappa shape index (κ2) is 10.9. The quantitative estimate of drug-likeness (QED) is 0.465. The Hall–Kier alpha value is -2.65. The summed E-state index contributed by atoms with van der Waals surface area (Å²) < 4.78 is 21.1. The van der Waals surface area contributed by atoms with Crippen molar-refractivity contribution in [2.24, 2.45) is 0 Å². The van der Waals surface area contributed by atoms with Gasteiger partial charge in [-0.3, -0.25) is 14.4 Å². The summed E-state index contributed by atoms with van der Waals surface area (Å²) >= 11 is 0. The smallest absolute Gasteiger partial charge is 0.308 e. The van der Waals surface area contributed by atoms with Crippen LogP contribution in [0.3, 0.4) is 0 Å². The molecule has 30 heavy (non-hydrogen) atoms. The maximum atomic E-state index is 13.0. The normalized spacial score (nSPS) is 21.2. The number of esters is 1. The molecule has 0 aromatic heterocycles. The summed E-state index contributed by atoms with van der Waals surface area (Å²) in [6.07, 6.45) is 1.95. The molecule has 2 unspecified atom stereocenters. The molecule has 0 spiro atoms. The van der Waals surface area contributed by atoms with Gasteiger partial charge in [0.1, 0.15) is 25.0 Å². The van der Waals surface area contributed by atoms with Gasteiger partial charge in [0, 0.05) is 32.4 Å². The minimum atomic E-state index is -0.906. The van der Waals surface area contributed by atoms with Gasteiger partial charge in [-0.2, -0.15) is 0 Å². The number of benzene rings is 1. The van der Waals surface area contributed by atoms with Crippen LogP contribution in [0, 0.1) is 0 Å². The maximum Gasteiger partial charge on any atom is 0.308 e. The molecule has 2 aliphatic rings. The first-order valence-electron chi connectivity index (χ1n) is 10.2. The van der Waals surface area contributed by atoms with Crippen LogP contribution in [0.4, 0.5) is 0 Å². The lowest BCUT2D eigenvalue weighted by atomic mass is 10.1. The van der Waals surface area contributed by atoms with Crippen LogP contribution in [0.5, 0.6) is 5.75 Å². The van der Waals surface area contributed by atoms with Crippen molar-refractivity contribution >= 4 is 17.8 Å². The van der Waals surface area contributed by atoms with Crippen LogP contribution >= 0.6 is 0 Å². The molecule has 0 bridgehead atoms. The second-order valence-electron chi connectivity index (χ2n) is 7.19. The Balaban J connectivity index is 1.59. The van der Waals surface area contributed by atoms with Gasteiger partial charge in [0.15, 0.2) is 0 Å². The average Bonchev–Trinajstić information content (AvgIpc) is 3.27. The fourth-order valence-electron chi connectivity index (χ4n) is 3.44. The molecule has 0 radical (unpaired) electrons. The van der Waals surface area contributed by atoms with E-state index in [-0.39, 0.29) is 37.6 Å². The van der Waals surface area contributed by atoms with E-state index >= 15 is 0 Å². The molecule has 9 heteroatoms. The number of amides is 2. The van der Waals surface area contributed by atoms with E-state index in [4.69, 9.17) is 18.9 Å². The van der Waals surface area contributed by atoms with Crippen LogP contribution in [0.15, 0.2) is 24.3 Å². The molecule has 2 aliphatic heterocycles. The first kappa shape index (κ1) is 22.0. The number of hydrogen-bond acceptors (Lipinski definition) is 7. The molecule has 2 atom stereocenters. The molecule has 164 valence electrons. The Bertz CT molecular complexity index is 731. The maximum absolute atomic E-state index is 13.0. The molecule has 1 aromatic rings. The summed E-state index contributed by atoms with van der Waals surface area (Å²) in [4.78, 5) is 38.7. The van der Waals surface area contributed by atoms with Gasteiger partial charge >= 0.3 is 5.97 Å². The van der Waals surface area contributed by atoms with Crippen molar-refractivity contribution in [3.63, 3.8) is 0 Å². The summed E-state index contributed by atoms with van der Waals surface area (Å²) in [5.41, 5.74) is 0.423. The van der Waals surface area contributed by atoms with E-state index in [9.17, 15) is 14.4 Å². The Morgan fingerprint density at radius 1 is 1.23 bits per heavy atom. The highest BCUT2D eigenvalue weighted by atomic mass is 16.6. The highest BCUT2D eigenvalue weighted by molar-refractivity contribution is 5.99. The van der Waals surface area contributed by atoms with Gasteiger partial charge in [0.2, 0.25) is 5.91 Å². The lowest BCUT2D eigenvalue weighted by molar-refractivity contribution is -0.148. The summed E-state index contributed by atoms with van der Waals surface area (Å²) in [6, 6.07) is 5.86. The first-order chi connectivity index (χ1) is 14.6. The highest BCUT2D eigenvalue weighted by Gasteiger charge is 2.35. The fraction of sp³-hybridized carbons (Fsp3) is 0.571. The van der Waals surface area contributed by atoms with Gasteiger partial charge in [0.05, 0.1) is 19.1 Å². The van der Waals surface area contributed by atoms with E-state index in [1.54, 1.807) is 24.3 Å². The summed E-state index contributed by atoms with van der Waals surface area (Å²) in [7, 11) is 1.50. The monoisotopic (exact) mass is 420 g/mol. The summed E-state index contributed by atoms with van der Waals surface area (Å²) in [5.74, 6) is -0.582. The Morgan fingerprint density at radius 3 is 2.73 bits per heavy atom. The van der Waals surface area contributed by atoms with Gasteiger partial charge in [-0.1, -0.05) is 0 Å². The Morgan fingerprint density at radius 2 is 2.03 bits per heavy atom. The number of ether oxygens (including phenoxy) is 4. The third kappa shape index (κ3) is 5.93. The SMILES string of the molecule is COCCOC(=O)CC1C(=O)NCCN1C(=O)c1ccc(OCC2CCCO2)cc1. The van der Waals surface area contributed by atoms with Gasteiger partial charge in [0.25, 0.3) is 5.91 Å². The number of carbonyl (C=O) groups is 3. The Labute approximate surface area is 175 Å². The molecule has 9 nitrogen and oxygen atoms in total. The molecule has 1 aromatic carbocycles. The van der Waals surface area contributed by atoms with Gasteiger partial charge in [-0.05, 0) is 37.1 Å². The van der Waals surface area contributed by atoms with E-state index in [1.807, 2.05) is 0 Å². The van der Waals surface area contributed by atoms with Crippen LogP contribution in [0.2, 0.25) is 0 Å². The lowest BCUT2D eigenvalue weighted by Crippen LogP contribution is -2.57. The zero-order valence-electron chi connectivity index (χ0n) is 17.1. The van der Waals surface area contributed by atoms with Crippen LogP contribution in [0.1, 0.15) is 29.6 Å². The molecule has 3 rings (SSSR count). The van der Waals surface area contributed by atoms with Crippen LogP contribution in [-0.4, -0.2) is 81.5 Å². The number of methoxy groups -OCH3 is 1. The Kier molecular flexibility index (Phi) is 8.04. The van der Waals surface area contributed by atoms with Crippen molar-refractivity contribution in [1.82, 2.24) is 10.2 Å². The van der Waals surface area contributed by atoms with E-state index in [2.05, 4.69) is 5.32 Å². The molecule has 0 saturated carbocycles. The van der Waals surface area contributed by atoms with E-state index in [0.29, 0.717) is 31.0 Å². The van der Waals surface area contributed by atoms with Crippen molar-refractivity contribution in [2.75, 3.05) is 46.6 Å². The van der Waals surface area contributed by atoms with E-state index in [0.717, 1.165) is 19.4 Å². The number of nitrogens with one attached hydrogen (secondary N) is 1. The largest absolute Gasteiger partial charge is 0.491 e.